The molecule has 0 spiro atoms. The minimum Gasteiger partial charge on any atom is -0.385 e. The van der Waals surface area contributed by atoms with Gasteiger partial charge in [0.2, 0.25) is 0 Å². The molecule has 2 unspecified atom stereocenters. The summed E-state index contributed by atoms with van der Waals surface area (Å²) in [6, 6.07) is 16.1. The fourth-order valence-corrected chi connectivity index (χ4v) is 3.80. The Morgan fingerprint density at radius 1 is 1.08 bits per heavy atom. The van der Waals surface area contributed by atoms with Crippen LogP contribution in [0.5, 0.6) is 0 Å². The summed E-state index contributed by atoms with van der Waals surface area (Å²) in [5.74, 6) is 0.775. The van der Waals surface area contributed by atoms with Gasteiger partial charge in [-0.25, -0.2) is 0 Å². The number of piperidine rings is 1. The van der Waals surface area contributed by atoms with Gasteiger partial charge in [-0.15, -0.1) is 0 Å². The van der Waals surface area contributed by atoms with Gasteiger partial charge in [-0.1, -0.05) is 54.9 Å². The highest BCUT2D eigenvalue weighted by atomic mass is 35.5. The van der Waals surface area contributed by atoms with Crippen LogP contribution in [0, 0.1) is 5.92 Å². The molecule has 2 atom stereocenters. The zero-order valence-corrected chi connectivity index (χ0v) is 16.0. The van der Waals surface area contributed by atoms with Crippen LogP contribution in [0.3, 0.4) is 0 Å². The Bertz CT molecular complexity index is 678. The summed E-state index contributed by atoms with van der Waals surface area (Å²) in [6.07, 6.45) is 3.37. The molecule has 25 heavy (non-hydrogen) atoms. The molecule has 3 heteroatoms. The lowest BCUT2D eigenvalue weighted by Crippen LogP contribution is -2.37. The summed E-state index contributed by atoms with van der Waals surface area (Å²) in [6.45, 7) is 7.52. The maximum Gasteiger partial charge on any atom is 0.0880 e. The molecule has 0 aliphatic carbocycles. The molecule has 1 heterocycles. The first-order valence-electron chi connectivity index (χ1n) is 9.25. The van der Waals surface area contributed by atoms with Crippen molar-refractivity contribution in [1.29, 1.82) is 0 Å². The maximum absolute atomic E-state index is 10.9. The van der Waals surface area contributed by atoms with Gasteiger partial charge in [-0.2, -0.15) is 0 Å². The van der Waals surface area contributed by atoms with E-state index in [-0.39, 0.29) is 0 Å². The van der Waals surface area contributed by atoms with Crippen molar-refractivity contribution in [2.24, 2.45) is 5.92 Å². The van der Waals surface area contributed by atoms with E-state index in [1.165, 1.54) is 12.8 Å². The maximum atomic E-state index is 10.9. The third-order valence-electron chi connectivity index (χ3n) is 5.34. The molecule has 134 valence electrons. The first-order valence-corrected chi connectivity index (χ1v) is 9.63. The summed E-state index contributed by atoms with van der Waals surface area (Å²) in [5.41, 5.74) is 2.47. The molecule has 1 saturated heterocycles. The number of aliphatic hydroxyl groups is 1. The minimum atomic E-state index is -0.792. The van der Waals surface area contributed by atoms with Crippen LogP contribution in [0.4, 0.5) is 0 Å². The molecule has 0 amide bonds. The van der Waals surface area contributed by atoms with Gasteiger partial charge in [0.15, 0.2) is 0 Å². The number of hydrogen-bond donors (Lipinski definition) is 1. The summed E-state index contributed by atoms with van der Waals surface area (Å²) < 4.78 is 0. The van der Waals surface area contributed by atoms with E-state index >= 15 is 0 Å². The average Bonchev–Trinajstić information content (AvgIpc) is 2.61. The Balaban J connectivity index is 1.64. The van der Waals surface area contributed by atoms with Gasteiger partial charge in [-0.05, 0) is 67.5 Å². The van der Waals surface area contributed by atoms with E-state index in [0.717, 1.165) is 53.7 Å². The van der Waals surface area contributed by atoms with Crippen LogP contribution in [-0.2, 0) is 5.60 Å². The normalized spacial score (nSPS) is 21.0. The number of halogens is 1. The average molecular weight is 358 g/mol. The van der Waals surface area contributed by atoms with E-state index in [9.17, 15) is 5.11 Å². The topological polar surface area (TPSA) is 23.5 Å². The first kappa shape index (κ1) is 18.4. The van der Waals surface area contributed by atoms with Crippen LogP contribution in [0.1, 0.15) is 38.7 Å². The molecular formula is C22H28ClNO. The third-order valence-corrected chi connectivity index (χ3v) is 5.59. The van der Waals surface area contributed by atoms with E-state index in [2.05, 4.69) is 24.0 Å². The fourth-order valence-electron chi connectivity index (χ4n) is 3.67. The van der Waals surface area contributed by atoms with Gasteiger partial charge in [0.25, 0.3) is 0 Å². The van der Waals surface area contributed by atoms with Crippen LogP contribution in [0.15, 0.2) is 48.5 Å². The molecule has 0 bridgehead atoms. The largest absolute Gasteiger partial charge is 0.385 e. The molecule has 3 rings (SSSR count). The fraction of sp³-hybridized carbons (Fsp3) is 0.455. The number of rotatable bonds is 5. The summed E-state index contributed by atoms with van der Waals surface area (Å²) in [7, 11) is 0. The van der Waals surface area contributed by atoms with E-state index in [1.54, 1.807) is 0 Å². The van der Waals surface area contributed by atoms with Crippen LogP contribution in [0.2, 0.25) is 5.02 Å². The van der Waals surface area contributed by atoms with Crippen LogP contribution in [0.25, 0.3) is 11.1 Å². The smallest absolute Gasteiger partial charge is 0.0880 e. The standard InChI is InChI=1S/C22H28ClNO/c1-17-4-3-14-24(16-17)15-13-22(2,25)20-9-5-18(6-10-20)19-7-11-21(23)12-8-19/h5-12,17,25H,3-4,13-16H2,1-2H3. The molecule has 1 N–H and O–H groups in total. The molecule has 1 fully saturated rings. The number of hydrogen-bond acceptors (Lipinski definition) is 2. The van der Waals surface area contributed by atoms with Crippen molar-refractivity contribution in [3.8, 4) is 11.1 Å². The van der Waals surface area contributed by atoms with Crippen molar-refractivity contribution in [2.45, 2.75) is 38.7 Å². The number of benzene rings is 2. The minimum absolute atomic E-state index is 0.746. The summed E-state index contributed by atoms with van der Waals surface area (Å²) in [5, 5.41) is 11.7. The lowest BCUT2D eigenvalue weighted by Gasteiger charge is -2.33. The van der Waals surface area contributed by atoms with Crippen LogP contribution >= 0.6 is 11.6 Å². The SMILES string of the molecule is CC1CCCN(CCC(C)(O)c2ccc(-c3ccc(Cl)cc3)cc2)C1. The van der Waals surface area contributed by atoms with Crippen molar-refractivity contribution >= 4 is 11.6 Å². The Hall–Kier alpha value is -1.35. The highest BCUT2D eigenvalue weighted by Crippen LogP contribution is 2.29. The second-order valence-corrected chi connectivity index (χ2v) is 8.09. The molecule has 1 aliphatic rings. The van der Waals surface area contributed by atoms with Gasteiger partial charge in [0.1, 0.15) is 0 Å². The highest BCUT2D eigenvalue weighted by molar-refractivity contribution is 6.30. The third kappa shape index (κ3) is 4.84. The molecule has 0 radical (unpaired) electrons. The number of nitrogens with zero attached hydrogens (tertiary/aromatic N) is 1. The Kier molecular flexibility index (Phi) is 5.83. The van der Waals surface area contributed by atoms with E-state index in [0.29, 0.717) is 0 Å². The first-order chi connectivity index (χ1) is 11.9. The summed E-state index contributed by atoms with van der Waals surface area (Å²) in [4.78, 5) is 2.49. The van der Waals surface area contributed by atoms with Gasteiger partial charge < -0.3 is 10.0 Å². The van der Waals surface area contributed by atoms with Crippen molar-refractivity contribution in [2.75, 3.05) is 19.6 Å². The van der Waals surface area contributed by atoms with Crippen molar-refractivity contribution in [3.05, 3.63) is 59.1 Å². The second kappa shape index (κ2) is 7.90. The molecule has 2 aromatic carbocycles. The monoisotopic (exact) mass is 357 g/mol. The summed E-state index contributed by atoms with van der Waals surface area (Å²) >= 11 is 5.95. The van der Waals surface area contributed by atoms with Gasteiger partial charge in [0.05, 0.1) is 5.60 Å². The predicted octanol–water partition coefficient (Wildman–Crippen LogP) is 5.34. The predicted molar refractivity (Wildman–Crippen MR) is 106 cm³/mol. The van der Waals surface area contributed by atoms with Gasteiger partial charge in [0, 0.05) is 18.1 Å². The van der Waals surface area contributed by atoms with Crippen molar-refractivity contribution in [1.82, 2.24) is 4.90 Å². The van der Waals surface area contributed by atoms with Gasteiger partial charge >= 0.3 is 0 Å². The van der Waals surface area contributed by atoms with E-state index in [1.807, 2.05) is 43.3 Å². The van der Waals surface area contributed by atoms with Gasteiger partial charge in [-0.3, -0.25) is 0 Å². The Labute approximate surface area is 156 Å². The van der Waals surface area contributed by atoms with Crippen LogP contribution < -0.4 is 0 Å². The highest BCUT2D eigenvalue weighted by Gasteiger charge is 2.25. The zero-order chi connectivity index (χ0) is 17.9. The van der Waals surface area contributed by atoms with E-state index in [4.69, 9.17) is 11.6 Å². The molecule has 0 saturated carbocycles. The van der Waals surface area contributed by atoms with Crippen molar-refractivity contribution < 1.29 is 5.11 Å². The Morgan fingerprint density at radius 2 is 1.68 bits per heavy atom. The second-order valence-electron chi connectivity index (χ2n) is 7.66. The van der Waals surface area contributed by atoms with E-state index < -0.39 is 5.60 Å². The lowest BCUT2D eigenvalue weighted by molar-refractivity contribution is 0.0309. The van der Waals surface area contributed by atoms with Crippen molar-refractivity contribution in [3.63, 3.8) is 0 Å². The lowest BCUT2D eigenvalue weighted by atomic mass is 9.90. The molecule has 1 aliphatic heterocycles. The molecule has 2 nitrogen and oxygen atoms in total. The Morgan fingerprint density at radius 3 is 2.28 bits per heavy atom. The number of likely N-dealkylation sites (tertiary alicyclic amines) is 1. The van der Waals surface area contributed by atoms with Crippen LogP contribution in [-0.4, -0.2) is 29.6 Å². The molecular weight excluding hydrogens is 330 g/mol. The zero-order valence-electron chi connectivity index (χ0n) is 15.2. The quantitative estimate of drug-likeness (QED) is 0.781. The molecule has 2 aromatic rings. The molecule has 0 aromatic heterocycles.